The zero-order chi connectivity index (χ0) is 20.0. The van der Waals surface area contributed by atoms with Gasteiger partial charge in [-0.3, -0.25) is 0 Å². The fourth-order valence-electron chi connectivity index (χ4n) is 4.97. The minimum absolute atomic E-state index is 0.122. The molecule has 8 nitrogen and oxygen atoms in total. The summed E-state index contributed by atoms with van der Waals surface area (Å²) < 4.78 is 1.57. The van der Waals surface area contributed by atoms with Gasteiger partial charge in [0.2, 0.25) is 0 Å². The van der Waals surface area contributed by atoms with E-state index in [1.807, 2.05) is 31.2 Å². The van der Waals surface area contributed by atoms with Crippen LogP contribution in [0, 0.1) is 18.8 Å². The first-order valence-electron chi connectivity index (χ1n) is 10.2. The van der Waals surface area contributed by atoms with Crippen molar-refractivity contribution in [3.8, 4) is 22.7 Å². The van der Waals surface area contributed by atoms with Crippen molar-refractivity contribution in [3.05, 3.63) is 36.2 Å². The molecule has 5 rings (SSSR count). The first-order chi connectivity index (χ1) is 14.1. The van der Waals surface area contributed by atoms with Crippen LogP contribution >= 0.6 is 0 Å². The largest absolute Gasteiger partial charge is 0.507 e. The molecule has 1 N–H and O–H groups in total. The summed E-state index contributed by atoms with van der Waals surface area (Å²) in [6.07, 6.45) is 6.71. The monoisotopic (exact) mass is 391 g/mol. The van der Waals surface area contributed by atoms with Crippen molar-refractivity contribution in [2.75, 3.05) is 11.9 Å². The molecule has 3 atom stereocenters. The Labute approximate surface area is 169 Å². The van der Waals surface area contributed by atoms with Gasteiger partial charge in [-0.25, -0.2) is 0 Å². The van der Waals surface area contributed by atoms with Crippen LogP contribution in [-0.2, 0) is 0 Å². The molecule has 0 aliphatic heterocycles. The molecule has 0 radical (unpaired) electrons. The number of rotatable bonds is 4. The summed E-state index contributed by atoms with van der Waals surface area (Å²) in [7, 11) is 2.12. The van der Waals surface area contributed by atoms with Gasteiger partial charge < -0.3 is 10.0 Å². The Morgan fingerprint density at radius 2 is 1.79 bits per heavy atom. The molecule has 2 fully saturated rings. The maximum Gasteiger partial charge on any atom is 0.153 e. The molecule has 2 unspecified atom stereocenters. The van der Waals surface area contributed by atoms with Crippen LogP contribution in [0.3, 0.4) is 0 Å². The number of hydrogen-bond donors (Lipinski definition) is 1. The van der Waals surface area contributed by atoms with Gasteiger partial charge in [-0.05, 0) is 72.7 Å². The zero-order valence-electron chi connectivity index (χ0n) is 16.7. The van der Waals surface area contributed by atoms with Gasteiger partial charge in [0, 0.05) is 24.7 Å². The van der Waals surface area contributed by atoms with E-state index in [0.29, 0.717) is 28.8 Å². The van der Waals surface area contributed by atoms with Crippen molar-refractivity contribution in [2.24, 2.45) is 11.8 Å². The number of hydrogen-bond acceptors (Lipinski definition) is 7. The number of nitrogens with zero attached hydrogens (tertiary/aromatic N) is 7. The number of tetrazole rings is 1. The normalized spacial score (nSPS) is 23.3. The number of aryl methyl sites for hydroxylation is 1. The average Bonchev–Trinajstić information content (AvgIpc) is 3.32. The third kappa shape index (κ3) is 3.32. The molecule has 1 aromatic carbocycles. The lowest BCUT2D eigenvalue weighted by molar-refractivity contribution is 0.312. The number of aromatic nitrogens is 6. The Kier molecular flexibility index (Phi) is 4.41. The summed E-state index contributed by atoms with van der Waals surface area (Å²) in [6.45, 7) is 1.81. The second-order valence-corrected chi connectivity index (χ2v) is 8.40. The highest BCUT2D eigenvalue weighted by molar-refractivity contribution is 5.69. The van der Waals surface area contributed by atoms with E-state index in [-0.39, 0.29) is 5.75 Å². The van der Waals surface area contributed by atoms with Crippen LogP contribution in [-0.4, -0.2) is 48.6 Å². The molecule has 3 aromatic rings. The molecule has 2 bridgehead atoms. The number of phenols is 1. The zero-order valence-corrected chi connectivity index (χ0v) is 16.7. The molecule has 29 heavy (non-hydrogen) atoms. The number of aromatic hydroxyl groups is 1. The van der Waals surface area contributed by atoms with E-state index in [9.17, 15) is 5.11 Å². The third-order valence-electron chi connectivity index (χ3n) is 6.55. The third-order valence-corrected chi connectivity index (χ3v) is 6.55. The van der Waals surface area contributed by atoms with Crippen molar-refractivity contribution in [2.45, 2.75) is 45.1 Å². The molecule has 150 valence electrons. The van der Waals surface area contributed by atoms with E-state index in [1.54, 1.807) is 10.7 Å². The Balaban J connectivity index is 1.35. The summed E-state index contributed by atoms with van der Waals surface area (Å²) >= 11 is 0. The summed E-state index contributed by atoms with van der Waals surface area (Å²) in [5.74, 6) is 3.43. The van der Waals surface area contributed by atoms with Gasteiger partial charge in [0.15, 0.2) is 11.6 Å². The van der Waals surface area contributed by atoms with Crippen LogP contribution in [0.1, 0.15) is 37.9 Å². The van der Waals surface area contributed by atoms with Crippen molar-refractivity contribution >= 4 is 5.82 Å². The average molecular weight is 391 g/mol. The van der Waals surface area contributed by atoms with Gasteiger partial charge in [-0.2, -0.15) is 4.68 Å². The van der Waals surface area contributed by atoms with E-state index in [4.69, 9.17) is 0 Å². The molecule has 0 amide bonds. The summed E-state index contributed by atoms with van der Waals surface area (Å²) in [4.78, 5) is 2.28. The van der Waals surface area contributed by atoms with Crippen LogP contribution in [0.25, 0.3) is 16.9 Å². The van der Waals surface area contributed by atoms with Crippen molar-refractivity contribution < 1.29 is 5.11 Å². The quantitative estimate of drug-likeness (QED) is 0.730. The van der Waals surface area contributed by atoms with Gasteiger partial charge in [0.05, 0.1) is 11.4 Å². The minimum Gasteiger partial charge on any atom is -0.507 e. The molecule has 8 heteroatoms. The van der Waals surface area contributed by atoms with Crippen LogP contribution in [0.5, 0.6) is 5.75 Å². The molecule has 2 aliphatic rings. The summed E-state index contributed by atoms with van der Waals surface area (Å²) in [6, 6.07) is 9.78. The van der Waals surface area contributed by atoms with Crippen molar-refractivity contribution in [1.29, 1.82) is 0 Å². The van der Waals surface area contributed by atoms with Gasteiger partial charge >= 0.3 is 0 Å². The topological polar surface area (TPSA) is 92.9 Å². The predicted molar refractivity (Wildman–Crippen MR) is 109 cm³/mol. The maximum absolute atomic E-state index is 10.5. The lowest BCUT2D eigenvalue weighted by atomic mass is 9.85. The SMILES string of the molecule is Cc1nnnn1-c1ccc(-c2ccc(N(C)C3CC4CC[C@@H](C4)C3)nn2)c(O)c1. The molecular weight excluding hydrogens is 366 g/mol. The second-order valence-electron chi connectivity index (χ2n) is 8.40. The van der Waals surface area contributed by atoms with E-state index in [1.165, 1.54) is 32.1 Å². The Hall–Kier alpha value is -3.03. The van der Waals surface area contributed by atoms with Gasteiger partial charge in [-0.15, -0.1) is 15.3 Å². The minimum atomic E-state index is 0.122. The van der Waals surface area contributed by atoms with Gasteiger partial charge in [-0.1, -0.05) is 12.8 Å². The lowest BCUT2D eigenvalue weighted by Gasteiger charge is -2.35. The van der Waals surface area contributed by atoms with E-state index < -0.39 is 0 Å². The first kappa shape index (κ1) is 18.0. The molecule has 0 spiro atoms. The number of anilines is 1. The fraction of sp³-hybridized carbons (Fsp3) is 0.476. The van der Waals surface area contributed by atoms with Crippen LogP contribution in [0.2, 0.25) is 0 Å². The Morgan fingerprint density at radius 3 is 2.41 bits per heavy atom. The lowest BCUT2D eigenvalue weighted by Crippen LogP contribution is -2.37. The standard InChI is InChI=1S/C21H25N7O/c1-13-22-25-26-28(13)16-5-6-18(20(29)12-16)19-7-8-21(24-23-19)27(2)17-10-14-3-4-15(9-14)11-17/h5-8,12,14-15,17,29H,3-4,9-11H2,1-2H3/t14-,15?,17?/m0/s1. The van der Waals surface area contributed by atoms with Crippen LogP contribution in [0.15, 0.2) is 30.3 Å². The number of benzene rings is 1. The van der Waals surface area contributed by atoms with Crippen molar-refractivity contribution in [3.63, 3.8) is 0 Å². The molecule has 2 saturated carbocycles. The summed E-state index contributed by atoms with van der Waals surface area (Å²) in [5.41, 5.74) is 1.98. The van der Waals surface area contributed by atoms with E-state index in [0.717, 1.165) is 17.7 Å². The second kappa shape index (κ2) is 7.09. The van der Waals surface area contributed by atoms with E-state index in [2.05, 4.69) is 37.7 Å². The van der Waals surface area contributed by atoms with Crippen LogP contribution in [0.4, 0.5) is 5.82 Å². The first-order valence-corrected chi connectivity index (χ1v) is 10.2. The predicted octanol–water partition coefficient (Wildman–Crippen LogP) is 3.15. The highest BCUT2D eigenvalue weighted by atomic mass is 16.3. The fourth-order valence-corrected chi connectivity index (χ4v) is 4.97. The Bertz CT molecular complexity index is 1000. The van der Waals surface area contributed by atoms with Crippen LogP contribution < -0.4 is 4.90 Å². The molecular formula is C21H25N7O. The highest BCUT2D eigenvalue weighted by Crippen LogP contribution is 2.43. The number of fused-ring (bicyclic) bond motifs is 2. The smallest absolute Gasteiger partial charge is 0.153 e. The van der Waals surface area contributed by atoms with E-state index >= 15 is 0 Å². The molecule has 2 aromatic heterocycles. The summed E-state index contributed by atoms with van der Waals surface area (Å²) in [5, 5.41) is 30.8. The highest BCUT2D eigenvalue weighted by Gasteiger charge is 2.36. The molecule has 0 saturated heterocycles. The van der Waals surface area contributed by atoms with Crippen molar-refractivity contribution in [1.82, 2.24) is 30.4 Å². The Morgan fingerprint density at radius 1 is 1.00 bits per heavy atom. The number of phenolic OH excluding ortho intramolecular Hbond substituents is 1. The van der Waals surface area contributed by atoms with Gasteiger partial charge in [0.25, 0.3) is 0 Å². The molecule has 2 heterocycles. The maximum atomic E-state index is 10.5. The van der Waals surface area contributed by atoms with Gasteiger partial charge in [0.1, 0.15) is 5.75 Å². The molecule has 2 aliphatic carbocycles.